The first-order chi connectivity index (χ1) is 7.75. The molecule has 1 aliphatic rings. The van der Waals surface area contributed by atoms with Gasteiger partial charge in [-0.15, -0.1) is 0 Å². The van der Waals surface area contributed by atoms with Gasteiger partial charge in [0.1, 0.15) is 5.69 Å². The third-order valence-electron chi connectivity index (χ3n) is 2.49. The Kier molecular flexibility index (Phi) is 3.31. The number of pyridine rings is 1. The van der Waals surface area contributed by atoms with E-state index in [9.17, 15) is 4.79 Å². The molecule has 84 valence electrons. The van der Waals surface area contributed by atoms with Gasteiger partial charge in [-0.2, -0.15) is 0 Å². The number of nitrogens with zero attached hydrogens (tertiary/aromatic N) is 2. The fourth-order valence-electron chi connectivity index (χ4n) is 1.70. The third kappa shape index (κ3) is 2.67. The predicted molar refractivity (Wildman–Crippen MR) is 61.7 cm³/mol. The van der Waals surface area contributed by atoms with Gasteiger partial charge in [-0.05, 0) is 25.5 Å². The van der Waals surface area contributed by atoms with Crippen LogP contribution in [-0.2, 0) is 0 Å². The van der Waals surface area contributed by atoms with E-state index in [-0.39, 0.29) is 5.91 Å². The fraction of sp³-hybridized carbons (Fsp3) is 0.333. The molecule has 1 aromatic heterocycles. The number of nitrogens with one attached hydrogen (secondary N) is 1. The second-order valence-corrected chi connectivity index (χ2v) is 3.92. The Bertz CT molecular complexity index is 400. The van der Waals surface area contributed by atoms with Gasteiger partial charge in [0.05, 0.1) is 0 Å². The lowest BCUT2D eigenvalue weighted by Crippen LogP contribution is -2.45. The average Bonchev–Trinajstić information content (AvgIpc) is 2.30. The van der Waals surface area contributed by atoms with Crippen LogP contribution in [0.5, 0.6) is 0 Å². The van der Waals surface area contributed by atoms with Crippen LogP contribution in [0, 0.1) is 0 Å². The summed E-state index contributed by atoms with van der Waals surface area (Å²) in [5, 5.41) is 1.92. The van der Waals surface area contributed by atoms with Gasteiger partial charge in [0, 0.05) is 19.3 Å². The lowest BCUT2D eigenvalue weighted by Gasteiger charge is -2.26. The maximum Gasteiger partial charge on any atom is 0.284 e. The molecule has 1 amide bonds. The van der Waals surface area contributed by atoms with E-state index in [2.05, 4.69) is 23.4 Å². The quantitative estimate of drug-likeness (QED) is 0.761. The van der Waals surface area contributed by atoms with E-state index >= 15 is 0 Å². The van der Waals surface area contributed by atoms with E-state index in [4.69, 9.17) is 0 Å². The normalized spacial score (nSPS) is 16.7. The summed E-state index contributed by atoms with van der Waals surface area (Å²) >= 11 is 0. The largest absolute Gasteiger partial charge is 0.284 e. The van der Waals surface area contributed by atoms with Crippen molar-refractivity contribution in [1.29, 1.82) is 0 Å². The summed E-state index contributed by atoms with van der Waals surface area (Å²) in [5.74, 6) is -0.143. The minimum Gasteiger partial charge on any atom is -0.283 e. The number of amides is 1. The monoisotopic (exact) mass is 217 g/mol. The third-order valence-corrected chi connectivity index (χ3v) is 2.49. The topological polar surface area (TPSA) is 45.2 Å². The average molecular weight is 217 g/mol. The molecule has 1 aromatic rings. The Hall–Kier alpha value is -1.68. The number of carbonyl (C=O) groups is 1. The van der Waals surface area contributed by atoms with Crippen LogP contribution in [-0.4, -0.2) is 29.0 Å². The number of hydrazine groups is 1. The van der Waals surface area contributed by atoms with Gasteiger partial charge in [-0.25, -0.2) is 5.01 Å². The Morgan fingerprint density at radius 1 is 1.50 bits per heavy atom. The highest BCUT2D eigenvalue weighted by atomic mass is 16.2. The van der Waals surface area contributed by atoms with E-state index in [0.29, 0.717) is 5.69 Å². The number of carbonyl (C=O) groups excluding carboxylic acids is 1. The number of hydrogen-bond acceptors (Lipinski definition) is 3. The van der Waals surface area contributed by atoms with Gasteiger partial charge in [0.25, 0.3) is 5.91 Å². The molecule has 0 fully saturated rings. The summed E-state index contributed by atoms with van der Waals surface area (Å²) in [5.41, 5.74) is 4.59. The van der Waals surface area contributed by atoms with Gasteiger partial charge < -0.3 is 0 Å². The van der Waals surface area contributed by atoms with Crippen molar-refractivity contribution in [3.8, 4) is 0 Å². The lowest BCUT2D eigenvalue weighted by molar-refractivity contribution is 0.0794. The zero-order valence-electron chi connectivity index (χ0n) is 9.31. The van der Waals surface area contributed by atoms with Crippen molar-refractivity contribution in [2.45, 2.75) is 13.3 Å². The van der Waals surface area contributed by atoms with Crippen LogP contribution in [0.25, 0.3) is 0 Å². The molecule has 4 nitrogen and oxygen atoms in total. The van der Waals surface area contributed by atoms with Gasteiger partial charge in [-0.1, -0.05) is 17.7 Å². The highest BCUT2D eigenvalue weighted by molar-refractivity contribution is 5.91. The first-order valence-corrected chi connectivity index (χ1v) is 5.38. The van der Waals surface area contributed by atoms with Crippen molar-refractivity contribution >= 4 is 5.91 Å². The first kappa shape index (κ1) is 10.8. The van der Waals surface area contributed by atoms with Crippen LogP contribution in [0.2, 0.25) is 0 Å². The predicted octanol–water partition coefficient (Wildman–Crippen LogP) is 1.38. The molecule has 0 saturated carbocycles. The van der Waals surface area contributed by atoms with E-state index < -0.39 is 0 Å². The summed E-state index contributed by atoms with van der Waals surface area (Å²) < 4.78 is 0. The van der Waals surface area contributed by atoms with Gasteiger partial charge in [0.15, 0.2) is 0 Å². The zero-order chi connectivity index (χ0) is 11.4. The van der Waals surface area contributed by atoms with E-state index in [1.54, 1.807) is 18.3 Å². The van der Waals surface area contributed by atoms with Crippen LogP contribution in [0.1, 0.15) is 23.8 Å². The highest BCUT2D eigenvalue weighted by Crippen LogP contribution is 2.06. The molecule has 1 N–H and O–H groups in total. The van der Waals surface area contributed by atoms with Gasteiger partial charge >= 0.3 is 0 Å². The lowest BCUT2D eigenvalue weighted by atomic mass is 10.2. The molecule has 2 heterocycles. The molecule has 0 radical (unpaired) electrons. The van der Waals surface area contributed by atoms with Crippen LogP contribution in [0.3, 0.4) is 0 Å². The minimum absolute atomic E-state index is 0.143. The number of rotatable bonds is 2. The highest BCUT2D eigenvalue weighted by Gasteiger charge is 2.14. The summed E-state index contributed by atoms with van der Waals surface area (Å²) in [7, 11) is 0. The second-order valence-electron chi connectivity index (χ2n) is 3.92. The Morgan fingerprint density at radius 2 is 2.38 bits per heavy atom. The standard InChI is InChI=1S/C12H15N3O/c1-10-5-4-8-15(9-10)14-12(16)11-6-2-3-7-13-11/h2-3,5-7H,4,8-9H2,1H3,(H,14,16). The Labute approximate surface area is 95.0 Å². The van der Waals surface area contributed by atoms with Crippen LogP contribution in [0.15, 0.2) is 36.0 Å². The summed E-state index contributed by atoms with van der Waals surface area (Å²) in [4.78, 5) is 15.8. The van der Waals surface area contributed by atoms with Crippen molar-refractivity contribution in [3.05, 3.63) is 41.7 Å². The first-order valence-electron chi connectivity index (χ1n) is 5.38. The minimum atomic E-state index is -0.143. The molecule has 0 spiro atoms. The summed E-state index contributed by atoms with van der Waals surface area (Å²) in [6.45, 7) is 3.72. The van der Waals surface area contributed by atoms with Crippen LogP contribution < -0.4 is 5.43 Å². The Balaban J connectivity index is 1.96. The van der Waals surface area contributed by atoms with E-state index in [1.165, 1.54) is 5.57 Å². The fourth-order valence-corrected chi connectivity index (χ4v) is 1.70. The number of aromatic nitrogens is 1. The van der Waals surface area contributed by atoms with Crippen molar-refractivity contribution in [2.75, 3.05) is 13.1 Å². The molecule has 0 aromatic carbocycles. The zero-order valence-corrected chi connectivity index (χ0v) is 9.31. The Morgan fingerprint density at radius 3 is 3.06 bits per heavy atom. The smallest absolute Gasteiger partial charge is 0.283 e. The molecule has 1 aliphatic heterocycles. The van der Waals surface area contributed by atoms with Gasteiger partial charge in [0.2, 0.25) is 0 Å². The van der Waals surface area contributed by atoms with E-state index in [0.717, 1.165) is 19.5 Å². The maximum atomic E-state index is 11.8. The summed E-state index contributed by atoms with van der Waals surface area (Å²) in [6, 6.07) is 5.32. The van der Waals surface area contributed by atoms with Crippen molar-refractivity contribution < 1.29 is 4.79 Å². The molecule has 0 unspecified atom stereocenters. The van der Waals surface area contributed by atoms with Crippen molar-refractivity contribution in [2.24, 2.45) is 0 Å². The molecule has 0 bridgehead atoms. The van der Waals surface area contributed by atoms with Crippen LogP contribution >= 0.6 is 0 Å². The second kappa shape index (κ2) is 4.90. The number of hydrogen-bond donors (Lipinski definition) is 1. The van der Waals surface area contributed by atoms with E-state index in [1.807, 2.05) is 11.1 Å². The van der Waals surface area contributed by atoms with Crippen LogP contribution in [0.4, 0.5) is 0 Å². The molecule has 0 atom stereocenters. The molecule has 2 rings (SSSR count). The maximum absolute atomic E-state index is 11.8. The van der Waals surface area contributed by atoms with Crippen molar-refractivity contribution in [3.63, 3.8) is 0 Å². The van der Waals surface area contributed by atoms with Crippen molar-refractivity contribution in [1.82, 2.24) is 15.4 Å². The molecular formula is C12H15N3O. The van der Waals surface area contributed by atoms with Gasteiger partial charge in [-0.3, -0.25) is 15.2 Å². The SMILES string of the molecule is CC1=CCCN(NC(=O)c2ccccn2)C1. The molecule has 16 heavy (non-hydrogen) atoms. The summed E-state index contributed by atoms with van der Waals surface area (Å²) in [6.07, 6.45) is 4.80. The molecular weight excluding hydrogens is 202 g/mol. The molecule has 4 heteroatoms. The molecule has 0 saturated heterocycles. The molecule has 0 aliphatic carbocycles.